The number of aromatic nitrogens is 1. The second-order valence-corrected chi connectivity index (χ2v) is 7.22. The Hall–Kier alpha value is -1.60. The smallest absolute Gasteiger partial charge is 0.257 e. The maximum absolute atomic E-state index is 12.9. The average Bonchev–Trinajstić information content (AvgIpc) is 3.03. The second-order valence-electron chi connectivity index (χ2n) is 6.81. The summed E-state index contributed by atoms with van der Waals surface area (Å²) in [5.74, 6) is 0.274. The number of hydrogen-bond donors (Lipinski definition) is 2. The van der Waals surface area contributed by atoms with Crippen LogP contribution in [0.3, 0.4) is 0 Å². The minimum Gasteiger partial charge on any atom is -0.384 e. The zero-order chi connectivity index (χ0) is 18.6. The lowest BCUT2D eigenvalue weighted by Gasteiger charge is -2.37. The van der Waals surface area contributed by atoms with Gasteiger partial charge in [0.25, 0.3) is 5.91 Å². The van der Waals surface area contributed by atoms with Crippen molar-refractivity contribution in [2.45, 2.75) is 19.8 Å². The van der Waals surface area contributed by atoms with Crippen LogP contribution < -0.4 is 10.6 Å². The van der Waals surface area contributed by atoms with Gasteiger partial charge < -0.3 is 19.9 Å². The third kappa shape index (κ3) is 4.82. The largest absolute Gasteiger partial charge is 0.384 e. The monoisotopic (exact) mass is 413 g/mol. The molecule has 0 atom stereocenters. The molecule has 0 bridgehead atoms. The maximum atomic E-state index is 12.9. The Morgan fingerprint density at radius 3 is 2.74 bits per heavy atom. The lowest BCUT2D eigenvalue weighted by Crippen LogP contribution is -2.47. The Balaban J connectivity index is 0.00000261. The van der Waals surface area contributed by atoms with E-state index in [0.717, 1.165) is 25.9 Å². The fraction of sp³-hybridized carbons (Fsp3) is 0.474. The first-order valence-electron chi connectivity index (χ1n) is 8.75. The number of ether oxygens (including phenoxy) is 1. The highest BCUT2D eigenvalue weighted by atomic mass is 35.5. The summed E-state index contributed by atoms with van der Waals surface area (Å²) >= 11 is 6.27. The normalized spacial score (nSPS) is 15.8. The molecule has 1 aromatic heterocycles. The van der Waals surface area contributed by atoms with Crippen LogP contribution in [0.25, 0.3) is 11.3 Å². The third-order valence-electron chi connectivity index (χ3n) is 4.96. The average molecular weight is 414 g/mol. The van der Waals surface area contributed by atoms with Crippen molar-refractivity contribution in [1.82, 2.24) is 15.8 Å². The van der Waals surface area contributed by atoms with Gasteiger partial charge in [-0.3, -0.25) is 4.79 Å². The molecule has 1 fully saturated rings. The molecule has 1 amide bonds. The highest BCUT2D eigenvalue weighted by Crippen LogP contribution is 2.32. The van der Waals surface area contributed by atoms with Crippen molar-refractivity contribution < 1.29 is 14.1 Å². The molecule has 0 aliphatic carbocycles. The number of nitrogens with zero attached hydrogens (tertiary/aromatic N) is 1. The van der Waals surface area contributed by atoms with Crippen LogP contribution in [-0.4, -0.2) is 44.4 Å². The van der Waals surface area contributed by atoms with E-state index in [4.69, 9.17) is 20.9 Å². The highest BCUT2D eigenvalue weighted by Gasteiger charge is 2.33. The van der Waals surface area contributed by atoms with Gasteiger partial charge in [0.2, 0.25) is 0 Å². The van der Waals surface area contributed by atoms with E-state index in [1.165, 1.54) is 0 Å². The molecule has 8 heteroatoms. The van der Waals surface area contributed by atoms with Crippen molar-refractivity contribution in [1.29, 1.82) is 0 Å². The minimum absolute atomic E-state index is 0. The number of amides is 1. The molecule has 1 aliphatic heterocycles. The van der Waals surface area contributed by atoms with E-state index in [1.807, 2.05) is 18.2 Å². The van der Waals surface area contributed by atoms with Gasteiger partial charge in [0.1, 0.15) is 17.0 Å². The first kappa shape index (κ1) is 21.7. The van der Waals surface area contributed by atoms with Gasteiger partial charge in [-0.1, -0.05) is 35.0 Å². The molecular weight excluding hydrogens is 389 g/mol. The van der Waals surface area contributed by atoms with Crippen molar-refractivity contribution in [2.24, 2.45) is 5.41 Å². The molecule has 2 heterocycles. The third-order valence-corrected chi connectivity index (χ3v) is 5.29. The fourth-order valence-corrected chi connectivity index (χ4v) is 3.69. The van der Waals surface area contributed by atoms with E-state index in [2.05, 4.69) is 15.8 Å². The van der Waals surface area contributed by atoms with Crippen LogP contribution in [0.2, 0.25) is 5.02 Å². The first-order chi connectivity index (χ1) is 12.6. The van der Waals surface area contributed by atoms with Crippen LogP contribution in [0.4, 0.5) is 0 Å². The summed E-state index contributed by atoms with van der Waals surface area (Å²) in [6.07, 6.45) is 1.92. The van der Waals surface area contributed by atoms with Gasteiger partial charge in [0.15, 0.2) is 0 Å². The number of piperidine rings is 1. The molecule has 3 rings (SSSR count). The van der Waals surface area contributed by atoms with Crippen LogP contribution in [0.15, 0.2) is 28.8 Å². The van der Waals surface area contributed by atoms with Crippen LogP contribution in [0.5, 0.6) is 0 Å². The molecule has 2 aromatic rings. The van der Waals surface area contributed by atoms with Gasteiger partial charge in [-0.2, -0.15) is 0 Å². The molecule has 27 heavy (non-hydrogen) atoms. The van der Waals surface area contributed by atoms with Gasteiger partial charge in [-0.15, -0.1) is 12.4 Å². The highest BCUT2D eigenvalue weighted by molar-refractivity contribution is 6.33. The topological polar surface area (TPSA) is 76.4 Å². The first-order valence-corrected chi connectivity index (χ1v) is 9.13. The zero-order valence-electron chi connectivity index (χ0n) is 15.5. The Morgan fingerprint density at radius 1 is 1.37 bits per heavy atom. The van der Waals surface area contributed by atoms with Crippen LogP contribution in [0, 0.1) is 12.3 Å². The lowest BCUT2D eigenvalue weighted by molar-refractivity contribution is 0.0511. The number of methoxy groups -OCH3 is 1. The van der Waals surface area contributed by atoms with Gasteiger partial charge >= 0.3 is 0 Å². The number of benzene rings is 1. The molecule has 0 unspecified atom stereocenters. The van der Waals surface area contributed by atoms with Gasteiger partial charge in [-0.05, 0) is 38.9 Å². The number of carbonyl (C=O) groups excluding carboxylic acids is 1. The molecule has 0 spiro atoms. The summed E-state index contributed by atoms with van der Waals surface area (Å²) in [5.41, 5.74) is 1.53. The number of nitrogens with one attached hydrogen (secondary N) is 2. The Kier molecular flexibility index (Phi) is 7.68. The quantitative estimate of drug-likeness (QED) is 0.757. The van der Waals surface area contributed by atoms with Crippen LogP contribution >= 0.6 is 24.0 Å². The van der Waals surface area contributed by atoms with Crippen LogP contribution in [-0.2, 0) is 4.74 Å². The molecular formula is C19H25Cl2N3O3. The zero-order valence-corrected chi connectivity index (χ0v) is 17.1. The summed E-state index contributed by atoms with van der Waals surface area (Å²) in [4.78, 5) is 12.9. The molecule has 0 radical (unpaired) electrons. The molecule has 1 saturated heterocycles. The van der Waals surface area contributed by atoms with E-state index >= 15 is 0 Å². The molecule has 2 N–H and O–H groups in total. The van der Waals surface area contributed by atoms with E-state index in [0.29, 0.717) is 40.8 Å². The number of rotatable bonds is 6. The van der Waals surface area contributed by atoms with Crippen molar-refractivity contribution in [3.05, 3.63) is 40.6 Å². The summed E-state index contributed by atoms with van der Waals surface area (Å²) in [5, 5.41) is 11.0. The van der Waals surface area contributed by atoms with Crippen molar-refractivity contribution >= 4 is 29.9 Å². The maximum Gasteiger partial charge on any atom is 0.257 e. The van der Waals surface area contributed by atoms with Crippen molar-refractivity contribution in [2.75, 3.05) is 33.4 Å². The Bertz CT molecular complexity index is 768. The predicted octanol–water partition coefficient (Wildman–Crippen LogP) is 3.47. The Labute approximate surface area is 170 Å². The van der Waals surface area contributed by atoms with E-state index < -0.39 is 0 Å². The van der Waals surface area contributed by atoms with Gasteiger partial charge in [-0.25, -0.2) is 0 Å². The van der Waals surface area contributed by atoms with Gasteiger partial charge in [0.05, 0.1) is 11.6 Å². The fourth-order valence-electron chi connectivity index (χ4n) is 3.47. The number of aryl methyl sites for hydroxylation is 1. The minimum atomic E-state index is -0.201. The summed E-state index contributed by atoms with van der Waals surface area (Å²) in [7, 11) is 1.70. The van der Waals surface area contributed by atoms with E-state index in [9.17, 15) is 4.79 Å². The second kappa shape index (κ2) is 9.55. The van der Waals surface area contributed by atoms with E-state index in [1.54, 1.807) is 20.1 Å². The summed E-state index contributed by atoms with van der Waals surface area (Å²) < 4.78 is 10.7. The molecule has 148 valence electrons. The summed E-state index contributed by atoms with van der Waals surface area (Å²) in [6.45, 7) is 4.76. The predicted molar refractivity (Wildman–Crippen MR) is 108 cm³/mol. The van der Waals surface area contributed by atoms with Crippen LogP contribution in [0.1, 0.15) is 29.0 Å². The molecule has 6 nitrogen and oxygen atoms in total. The summed E-state index contributed by atoms with van der Waals surface area (Å²) in [6, 6.07) is 7.29. The Morgan fingerprint density at radius 2 is 2.07 bits per heavy atom. The standard InChI is InChI=1S/C19H24ClN3O3.ClH/c1-13-16(17(23-26-13)14-5-3-4-6-15(14)20)18(24)22-11-19(12-25-2)7-9-21-10-8-19;/h3-6,21H,7-12H2,1-2H3,(H,22,24);1H. The number of carbonyl (C=O) groups is 1. The molecule has 1 aromatic carbocycles. The SMILES string of the molecule is COCC1(CNC(=O)c2c(-c3ccccc3Cl)noc2C)CCNCC1.Cl. The number of hydrogen-bond acceptors (Lipinski definition) is 5. The molecule has 1 aliphatic rings. The van der Waals surface area contributed by atoms with Crippen molar-refractivity contribution in [3.8, 4) is 11.3 Å². The molecule has 0 saturated carbocycles. The van der Waals surface area contributed by atoms with Crippen molar-refractivity contribution in [3.63, 3.8) is 0 Å². The van der Waals surface area contributed by atoms with Gasteiger partial charge in [0, 0.05) is 24.6 Å². The lowest BCUT2D eigenvalue weighted by atomic mass is 9.79. The van der Waals surface area contributed by atoms with E-state index in [-0.39, 0.29) is 23.7 Å². The number of halogens is 2.